The van der Waals surface area contributed by atoms with E-state index in [-0.39, 0.29) is 0 Å². The predicted molar refractivity (Wildman–Crippen MR) is 110 cm³/mol. The summed E-state index contributed by atoms with van der Waals surface area (Å²) >= 11 is 0. The summed E-state index contributed by atoms with van der Waals surface area (Å²) < 4.78 is 0. The van der Waals surface area contributed by atoms with Crippen LogP contribution in [0.4, 0.5) is 5.69 Å². The Bertz CT molecular complexity index is 875. The van der Waals surface area contributed by atoms with E-state index in [1.165, 1.54) is 16.7 Å². The van der Waals surface area contributed by atoms with Gasteiger partial charge in [0.05, 0.1) is 13.1 Å². The molecule has 0 saturated carbocycles. The van der Waals surface area contributed by atoms with Crippen LogP contribution in [0.1, 0.15) is 5.56 Å². The van der Waals surface area contributed by atoms with Crippen molar-refractivity contribution in [2.45, 2.75) is 6.92 Å². The second-order valence-corrected chi connectivity index (χ2v) is 5.98. The van der Waals surface area contributed by atoms with Crippen LogP contribution in [0.15, 0.2) is 65.7 Å². The Morgan fingerprint density at radius 1 is 1.04 bits per heavy atom. The molecule has 0 saturated heterocycles. The molecular weight excluding hydrogens is 358 g/mol. The van der Waals surface area contributed by atoms with E-state index in [0.29, 0.717) is 12.2 Å². The van der Waals surface area contributed by atoms with Crippen LogP contribution >= 0.6 is 0 Å². The second-order valence-electron chi connectivity index (χ2n) is 5.98. The van der Waals surface area contributed by atoms with Crippen molar-refractivity contribution in [3.05, 3.63) is 66.2 Å². The van der Waals surface area contributed by atoms with E-state index < -0.39 is 11.9 Å². The first-order chi connectivity index (χ1) is 13.5. The van der Waals surface area contributed by atoms with E-state index in [4.69, 9.17) is 10.2 Å². The fraction of sp³-hybridized carbons (Fsp3) is 0.190. The Morgan fingerprint density at radius 2 is 1.64 bits per heavy atom. The van der Waals surface area contributed by atoms with E-state index in [0.717, 1.165) is 31.2 Å². The number of benzene rings is 2. The van der Waals surface area contributed by atoms with Crippen LogP contribution in [0.5, 0.6) is 0 Å². The third-order valence-corrected chi connectivity index (χ3v) is 3.92. The zero-order valence-corrected chi connectivity index (χ0v) is 15.6. The van der Waals surface area contributed by atoms with Crippen LogP contribution < -0.4 is 10.6 Å². The number of amidine groups is 1. The van der Waals surface area contributed by atoms with Gasteiger partial charge in [0.1, 0.15) is 5.84 Å². The van der Waals surface area contributed by atoms with E-state index in [1.54, 1.807) is 0 Å². The molecule has 1 aliphatic heterocycles. The molecule has 2 aromatic rings. The number of aliphatic carboxylic acids is 2. The first-order valence-corrected chi connectivity index (χ1v) is 8.77. The van der Waals surface area contributed by atoms with Crippen LogP contribution in [-0.2, 0) is 9.59 Å². The van der Waals surface area contributed by atoms with Crippen molar-refractivity contribution in [1.29, 1.82) is 0 Å². The van der Waals surface area contributed by atoms with Gasteiger partial charge in [0, 0.05) is 29.9 Å². The largest absolute Gasteiger partial charge is 0.478 e. The van der Waals surface area contributed by atoms with Gasteiger partial charge >= 0.3 is 11.9 Å². The summed E-state index contributed by atoms with van der Waals surface area (Å²) in [4.78, 5) is 23.5. The number of carbonyl (C=O) groups is 2. The van der Waals surface area contributed by atoms with E-state index >= 15 is 0 Å². The van der Waals surface area contributed by atoms with Gasteiger partial charge in [-0.2, -0.15) is 0 Å². The van der Waals surface area contributed by atoms with E-state index in [2.05, 4.69) is 71.1 Å². The molecule has 3 rings (SSSR count). The van der Waals surface area contributed by atoms with Gasteiger partial charge in [0.2, 0.25) is 0 Å². The Labute approximate surface area is 163 Å². The van der Waals surface area contributed by atoms with Crippen LogP contribution in [-0.4, -0.2) is 47.6 Å². The number of anilines is 1. The second kappa shape index (κ2) is 10.5. The average molecular weight is 381 g/mol. The van der Waals surface area contributed by atoms with Crippen molar-refractivity contribution in [2.24, 2.45) is 4.99 Å². The summed E-state index contributed by atoms with van der Waals surface area (Å²) in [5, 5.41) is 22.4. The number of carboxylic acid groups (broad SMARTS) is 2. The van der Waals surface area contributed by atoms with Gasteiger partial charge in [0.25, 0.3) is 0 Å². The maximum Gasteiger partial charge on any atom is 0.328 e. The lowest BCUT2D eigenvalue weighted by Crippen LogP contribution is -2.26. The number of nitrogens with one attached hydrogen (secondary N) is 2. The summed E-state index contributed by atoms with van der Waals surface area (Å²) in [6.45, 7) is 4.74. The molecule has 1 aliphatic rings. The average Bonchev–Trinajstić information content (AvgIpc) is 3.20. The molecule has 0 fully saturated rings. The SMILES string of the molecule is Cc1ccccc1-c1ccccc1NCC1=NCCN1.O=C(O)C=CC(=O)O. The van der Waals surface area contributed by atoms with Gasteiger partial charge < -0.3 is 20.8 Å². The Kier molecular flexibility index (Phi) is 7.77. The molecule has 0 aromatic heterocycles. The molecule has 0 spiro atoms. The maximum atomic E-state index is 9.55. The maximum absolute atomic E-state index is 9.55. The van der Waals surface area contributed by atoms with Crippen LogP contribution in [0, 0.1) is 6.92 Å². The van der Waals surface area contributed by atoms with Gasteiger partial charge in [-0.15, -0.1) is 0 Å². The quantitative estimate of drug-likeness (QED) is 0.573. The highest BCUT2D eigenvalue weighted by molar-refractivity contribution is 5.90. The molecule has 0 bridgehead atoms. The van der Waals surface area contributed by atoms with E-state index in [1.807, 2.05) is 0 Å². The fourth-order valence-electron chi connectivity index (χ4n) is 2.63. The number of aliphatic imine (C=N–C) groups is 1. The number of hydrogen-bond acceptors (Lipinski definition) is 5. The summed E-state index contributed by atoms with van der Waals surface area (Å²) in [6, 6.07) is 16.9. The Morgan fingerprint density at radius 3 is 2.21 bits per heavy atom. The zero-order chi connectivity index (χ0) is 20.4. The topological polar surface area (TPSA) is 111 Å². The fourth-order valence-corrected chi connectivity index (χ4v) is 2.63. The molecule has 0 unspecified atom stereocenters. The van der Waals surface area contributed by atoms with Gasteiger partial charge in [0.15, 0.2) is 0 Å². The standard InChI is InChI=1S/C17H19N3.C4H4O4/c1-13-6-2-3-7-14(13)15-8-4-5-9-16(15)20-12-17-18-10-11-19-17;5-3(6)1-2-4(7)8/h2-9,20H,10-12H2,1H3,(H,18,19);1-2H,(H,5,6)(H,7,8). The molecule has 0 radical (unpaired) electrons. The first-order valence-electron chi connectivity index (χ1n) is 8.77. The molecular formula is C21H23N3O4. The van der Waals surface area contributed by atoms with Crippen LogP contribution in [0.25, 0.3) is 11.1 Å². The third kappa shape index (κ3) is 6.60. The smallest absolute Gasteiger partial charge is 0.328 e. The molecule has 0 aliphatic carbocycles. The van der Waals surface area contributed by atoms with Crippen molar-refractivity contribution in [2.75, 3.05) is 25.0 Å². The van der Waals surface area contributed by atoms with Gasteiger partial charge in [-0.05, 0) is 24.1 Å². The summed E-state index contributed by atoms with van der Waals surface area (Å²) in [5.74, 6) is -1.47. The minimum atomic E-state index is -1.26. The zero-order valence-electron chi connectivity index (χ0n) is 15.6. The van der Waals surface area contributed by atoms with Gasteiger partial charge in [-0.1, -0.05) is 42.5 Å². The van der Waals surface area contributed by atoms with Crippen molar-refractivity contribution >= 4 is 23.5 Å². The first kappa shape index (κ1) is 20.7. The molecule has 1 heterocycles. The van der Waals surface area contributed by atoms with Crippen molar-refractivity contribution in [3.8, 4) is 11.1 Å². The van der Waals surface area contributed by atoms with Crippen molar-refractivity contribution in [1.82, 2.24) is 5.32 Å². The number of para-hydroxylation sites is 1. The number of carboxylic acids is 2. The Balaban J connectivity index is 0.000000300. The molecule has 7 heteroatoms. The highest BCUT2D eigenvalue weighted by atomic mass is 16.4. The minimum absolute atomic E-state index is 0.558. The lowest BCUT2D eigenvalue weighted by atomic mass is 9.99. The highest BCUT2D eigenvalue weighted by Crippen LogP contribution is 2.30. The summed E-state index contributed by atoms with van der Waals surface area (Å²) in [5.41, 5.74) is 4.96. The minimum Gasteiger partial charge on any atom is -0.478 e. The lowest BCUT2D eigenvalue weighted by Gasteiger charge is -2.14. The molecule has 28 heavy (non-hydrogen) atoms. The summed E-state index contributed by atoms with van der Waals surface area (Å²) in [6.07, 6.45) is 1.12. The van der Waals surface area contributed by atoms with Crippen molar-refractivity contribution < 1.29 is 19.8 Å². The number of nitrogens with zero attached hydrogens (tertiary/aromatic N) is 1. The normalized spacial score (nSPS) is 12.5. The van der Waals surface area contributed by atoms with Gasteiger partial charge in [-0.25, -0.2) is 9.59 Å². The third-order valence-electron chi connectivity index (χ3n) is 3.92. The van der Waals surface area contributed by atoms with Crippen LogP contribution in [0.3, 0.4) is 0 Å². The van der Waals surface area contributed by atoms with Crippen LogP contribution in [0.2, 0.25) is 0 Å². The number of hydrogen-bond donors (Lipinski definition) is 4. The monoisotopic (exact) mass is 381 g/mol. The Hall–Kier alpha value is -3.61. The predicted octanol–water partition coefficient (Wildman–Crippen LogP) is 2.79. The highest BCUT2D eigenvalue weighted by Gasteiger charge is 2.08. The number of rotatable bonds is 6. The molecule has 7 nitrogen and oxygen atoms in total. The van der Waals surface area contributed by atoms with Crippen molar-refractivity contribution in [3.63, 3.8) is 0 Å². The number of aryl methyl sites for hydroxylation is 1. The van der Waals surface area contributed by atoms with E-state index in [9.17, 15) is 9.59 Å². The molecule has 4 N–H and O–H groups in total. The molecule has 146 valence electrons. The van der Waals surface area contributed by atoms with Gasteiger partial charge in [-0.3, -0.25) is 4.99 Å². The lowest BCUT2D eigenvalue weighted by molar-refractivity contribution is -0.134. The molecule has 0 amide bonds. The molecule has 2 aromatic carbocycles. The summed E-state index contributed by atoms with van der Waals surface area (Å²) in [7, 11) is 0. The molecule has 0 atom stereocenters.